The van der Waals surface area contributed by atoms with E-state index >= 15 is 0 Å². The van der Waals surface area contributed by atoms with E-state index in [-0.39, 0.29) is 0 Å². The smallest absolute Gasteiger partial charge is 0.0644 e. The maximum Gasteiger partial charge on any atom is 0.0644 e. The van der Waals surface area contributed by atoms with Gasteiger partial charge in [0, 0.05) is 23.8 Å². The molecule has 0 radical (unpaired) electrons. The fourth-order valence-electron chi connectivity index (χ4n) is 3.42. The number of aromatic nitrogens is 2. The topological polar surface area (TPSA) is 29.9 Å². The Bertz CT molecular complexity index is 402. The maximum absolute atomic E-state index is 4.78. The van der Waals surface area contributed by atoms with Crippen molar-refractivity contribution in [1.82, 2.24) is 15.1 Å². The normalized spacial score (nSPS) is 18.1. The van der Waals surface area contributed by atoms with Gasteiger partial charge in [0.25, 0.3) is 0 Å². The molecule has 3 heteroatoms. The third-order valence-corrected chi connectivity index (χ3v) is 4.48. The van der Waals surface area contributed by atoms with E-state index in [1.54, 1.807) is 0 Å². The second kappa shape index (κ2) is 6.56. The van der Waals surface area contributed by atoms with Crippen LogP contribution >= 0.6 is 0 Å². The Hall–Kier alpha value is -0.830. The molecule has 3 nitrogen and oxygen atoms in total. The Morgan fingerprint density at radius 1 is 1.32 bits per heavy atom. The summed E-state index contributed by atoms with van der Waals surface area (Å²) in [4.78, 5) is 0. The summed E-state index contributed by atoms with van der Waals surface area (Å²) in [5.74, 6) is 0.852. The monoisotopic (exact) mass is 263 g/mol. The van der Waals surface area contributed by atoms with Gasteiger partial charge in [-0.25, -0.2) is 0 Å². The van der Waals surface area contributed by atoms with Crippen LogP contribution in [0.4, 0.5) is 0 Å². The second-order valence-corrected chi connectivity index (χ2v) is 6.09. The van der Waals surface area contributed by atoms with Crippen molar-refractivity contribution in [2.75, 3.05) is 6.54 Å². The van der Waals surface area contributed by atoms with Crippen LogP contribution < -0.4 is 5.32 Å². The summed E-state index contributed by atoms with van der Waals surface area (Å²) >= 11 is 0. The van der Waals surface area contributed by atoms with Crippen LogP contribution in [0, 0.1) is 19.8 Å². The molecule has 0 amide bonds. The number of aryl methyl sites for hydroxylation is 1. The van der Waals surface area contributed by atoms with Gasteiger partial charge in [0.05, 0.1) is 5.69 Å². The van der Waals surface area contributed by atoms with Gasteiger partial charge in [0.15, 0.2) is 0 Å². The Balaban J connectivity index is 2.09. The predicted molar refractivity (Wildman–Crippen MR) is 80.4 cm³/mol. The molecular formula is C16H29N3. The van der Waals surface area contributed by atoms with Gasteiger partial charge in [-0.15, -0.1) is 0 Å². The number of hydrogen-bond acceptors (Lipinski definition) is 2. The molecule has 0 saturated heterocycles. The van der Waals surface area contributed by atoms with E-state index in [9.17, 15) is 0 Å². The van der Waals surface area contributed by atoms with E-state index in [1.807, 2.05) is 0 Å². The van der Waals surface area contributed by atoms with Gasteiger partial charge in [-0.3, -0.25) is 4.68 Å². The summed E-state index contributed by atoms with van der Waals surface area (Å²) in [7, 11) is 0. The van der Waals surface area contributed by atoms with Crippen LogP contribution in [0.1, 0.15) is 68.9 Å². The van der Waals surface area contributed by atoms with E-state index < -0.39 is 0 Å². The van der Waals surface area contributed by atoms with Crippen LogP contribution in [0.3, 0.4) is 0 Å². The minimum Gasteiger partial charge on any atom is -0.310 e. The van der Waals surface area contributed by atoms with Crippen molar-refractivity contribution in [3.05, 3.63) is 17.0 Å². The Morgan fingerprint density at radius 2 is 2.00 bits per heavy atom. The quantitative estimate of drug-likeness (QED) is 0.847. The van der Waals surface area contributed by atoms with Gasteiger partial charge in [0.2, 0.25) is 0 Å². The van der Waals surface area contributed by atoms with Crippen molar-refractivity contribution in [3.8, 4) is 0 Å². The molecule has 1 saturated carbocycles. The van der Waals surface area contributed by atoms with Crippen molar-refractivity contribution in [2.24, 2.45) is 5.92 Å². The Morgan fingerprint density at radius 3 is 2.63 bits per heavy atom. The third-order valence-electron chi connectivity index (χ3n) is 4.48. The highest BCUT2D eigenvalue weighted by Gasteiger charge is 2.21. The van der Waals surface area contributed by atoms with E-state index in [4.69, 9.17) is 5.10 Å². The molecule has 0 bridgehead atoms. The van der Waals surface area contributed by atoms with Crippen LogP contribution in [0.25, 0.3) is 0 Å². The molecule has 0 spiro atoms. The number of rotatable bonds is 6. The van der Waals surface area contributed by atoms with Gasteiger partial charge >= 0.3 is 0 Å². The summed E-state index contributed by atoms with van der Waals surface area (Å²) < 4.78 is 2.25. The summed E-state index contributed by atoms with van der Waals surface area (Å²) in [5, 5.41) is 8.36. The van der Waals surface area contributed by atoms with E-state index in [0.29, 0.717) is 6.04 Å². The molecule has 1 fully saturated rings. The van der Waals surface area contributed by atoms with Crippen LogP contribution in [-0.2, 0) is 6.54 Å². The van der Waals surface area contributed by atoms with Gasteiger partial charge in [-0.2, -0.15) is 5.10 Å². The third kappa shape index (κ3) is 3.38. The SMILES string of the molecule is CCCNC(C)c1c(C)nn(CC2CCCC2)c1C. The molecule has 1 unspecified atom stereocenters. The predicted octanol–water partition coefficient (Wildman–Crippen LogP) is 3.75. The van der Waals surface area contributed by atoms with Crippen molar-refractivity contribution in [1.29, 1.82) is 0 Å². The maximum atomic E-state index is 4.78. The van der Waals surface area contributed by atoms with Gasteiger partial charge in [-0.1, -0.05) is 19.8 Å². The zero-order chi connectivity index (χ0) is 13.8. The molecule has 1 atom stereocenters. The average molecular weight is 263 g/mol. The van der Waals surface area contributed by atoms with Gasteiger partial charge in [-0.05, 0) is 52.5 Å². The molecule has 1 aromatic rings. The summed E-state index contributed by atoms with van der Waals surface area (Å²) in [6.45, 7) is 11.0. The first-order valence-corrected chi connectivity index (χ1v) is 7.90. The van der Waals surface area contributed by atoms with Crippen molar-refractivity contribution >= 4 is 0 Å². The Labute approximate surface area is 117 Å². The number of nitrogens with one attached hydrogen (secondary N) is 1. The molecule has 108 valence electrons. The zero-order valence-electron chi connectivity index (χ0n) is 13.0. The van der Waals surface area contributed by atoms with Crippen LogP contribution in [-0.4, -0.2) is 16.3 Å². The molecular weight excluding hydrogens is 234 g/mol. The fraction of sp³-hybridized carbons (Fsp3) is 0.812. The lowest BCUT2D eigenvalue weighted by Gasteiger charge is -2.15. The molecule has 0 aliphatic heterocycles. The summed E-state index contributed by atoms with van der Waals surface area (Å²) in [6, 6.07) is 0.414. The first-order chi connectivity index (χ1) is 9.13. The van der Waals surface area contributed by atoms with Crippen molar-refractivity contribution < 1.29 is 0 Å². The lowest BCUT2D eigenvalue weighted by molar-refractivity contribution is 0.421. The van der Waals surface area contributed by atoms with Gasteiger partial charge in [0.1, 0.15) is 0 Å². The van der Waals surface area contributed by atoms with E-state index in [0.717, 1.165) is 19.0 Å². The van der Waals surface area contributed by atoms with Crippen LogP contribution in [0.15, 0.2) is 0 Å². The second-order valence-electron chi connectivity index (χ2n) is 6.09. The molecule has 0 aromatic carbocycles. The zero-order valence-corrected chi connectivity index (χ0v) is 13.0. The number of hydrogen-bond donors (Lipinski definition) is 1. The highest BCUT2D eigenvalue weighted by Crippen LogP contribution is 2.28. The molecule has 2 rings (SSSR count). The van der Waals surface area contributed by atoms with Crippen molar-refractivity contribution in [2.45, 2.75) is 72.4 Å². The summed E-state index contributed by atoms with van der Waals surface area (Å²) in [6.07, 6.45) is 6.77. The van der Waals surface area contributed by atoms with Gasteiger partial charge < -0.3 is 5.32 Å². The van der Waals surface area contributed by atoms with Crippen molar-refractivity contribution in [3.63, 3.8) is 0 Å². The van der Waals surface area contributed by atoms with E-state index in [2.05, 4.69) is 37.7 Å². The average Bonchev–Trinajstić information content (AvgIpc) is 2.97. The standard InChI is InChI=1S/C16H29N3/c1-5-10-17-12(2)16-13(3)18-19(14(16)4)11-15-8-6-7-9-15/h12,15,17H,5-11H2,1-4H3. The Kier molecular flexibility index (Phi) is 5.03. The molecule has 1 aliphatic carbocycles. The fourth-order valence-corrected chi connectivity index (χ4v) is 3.42. The lowest BCUT2D eigenvalue weighted by atomic mass is 10.1. The molecule has 1 aromatic heterocycles. The largest absolute Gasteiger partial charge is 0.310 e. The lowest BCUT2D eigenvalue weighted by Crippen LogP contribution is -2.20. The first kappa shape index (κ1) is 14.6. The molecule has 19 heavy (non-hydrogen) atoms. The molecule has 1 heterocycles. The highest BCUT2D eigenvalue weighted by atomic mass is 15.3. The minimum absolute atomic E-state index is 0.414. The molecule has 1 aliphatic rings. The van der Waals surface area contributed by atoms with E-state index in [1.165, 1.54) is 49.1 Å². The molecule has 1 N–H and O–H groups in total. The van der Waals surface area contributed by atoms with Crippen LogP contribution in [0.5, 0.6) is 0 Å². The van der Waals surface area contributed by atoms with Crippen LogP contribution in [0.2, 0.25) is 0 Å². The summed E-state index contributed by atoms with van der Waals surface area (Å²) in [5.41, 5.74) is 3.97. The minimum atomic E-state index is 0.414. The highest BCUT2D eigenvalue weighted by molar-refractivity contribution is 5.27. The first-order valence-electron chi connectivity index (χ1n) is 7.90. The number of nitrogens with zero attached hydrogens (tertiary/aromatic N) is 2.